The molecule has 1 fully saturated rings. The molecule has 31 heavy (non-hydrogen) atoms. The van der Waals surface area contributed by atoms with Gasteiger partial charge in [0.2, 0.25) is 0 Å². The largest absolute Gasteiger partial charge is 0.319 e. The van der Waals surface area contributed by atoms with Crippen LogP contribution in [0.25, 0.3) is 16.9 Å². The second-order valence-electron chi connectivity index (χ2n) is 8.08. The Labute approximate surface area is 180 Å². The maximum Gasteiger partial charge on any atom is 0.256 e. The van der Waals surface area contributed by atoms with Crippen LogP contribution in [-0.2, 0) is 0 Å². The van der Waals surface area contributed by atoms with E-state index >= 15 is 0 Å². The van der Waals surface area contributed by atoms with Gasteiger partial charge in [0, 0.05) is 35.6 Å². The number of hydrogen-bond acceptors (Lipinski definition) is 5. The molecule has 3 heterocycles. The SMILES string of the molecule is Cc1c(C(=O)Nc2cnc3nnc(C4CCCCC4)n3c2)cccc1-c1cccnc1. The zero-order chi connectivity index (χ0) is 21.2. The third-order valence-electron chi connectivity index (χ3n) is 6.07. The number of nitrogens with zero attached hydrogens (tertiary/aromatic N) is 5. The van der Waals surface area contributed by atoms with Crippen LogP contribution >= 0.6 is 0 Å². The Morgan fingerprint density at radius 3 is 2.74 bits per heavy atom. The average molecular weight is 412 g/mol. The van der Waals surface area contributed by atoms with Gasteiger partial charge in [-0.2, -0.15) is 0 Å². The van der Waals surface area contributed by atoms with Crippen LogP contribution in [0, 0.1) is 6.92 Å². The predicted octanol–water partition coefficient (Wildman–Crippen LogP) is 4.79. The van der Waals surface area contributed by atoms with Gasteiger partial charge in [-0.15, -0.1) is 10.2 Å². The molecular formula is C24H24N6O. The number of carbonyl (C=O) groups excluding carboxylic acids is 1. The van der Waals surface area contributed by atoms with Crippen molar-refractivity contribution in [3.63, 3.8) is 0 Å². The van der Waals surface area contributed by atoms with Gasteiger partial charge in [-0.25, -0.2) is 4.98 Å². The summed E-state index contributed by atoms with van der Waals surface area (Å²) in [5, 5.41) is 11.6. The van der Waals surface area contributed by atoms with E-state index in [9.17, 15) is 4.79 Å². The van der Waals surface area contributed by atoms with Crippen molar-refractivity contribution in [2.45, 2.75) is 44.9 Å². The number of anilines is 1. The monoisotopic (exact) mass is 412 g/mol. The van der Waals surface area contributed by atoms with E-state index in [1.165, 1.54) is 19.3 Å². The van der Waals surface area contributed by atoms with Gasteiger partial charge < -0.3 is 5.32 Å². The lowest BCUT2D eigenvalue weighted by atomic mass is 9.89. The summed E-state index contributed by atoms with van der Waals surface area (Å²) in [7, 11) is 0. The summed E-state index contributed by atoms with van der Waals surface area (Å²) in [5.74, 6) is 1.73. The lowest BCUT2D eigenvalue weighted by Gasteiger charge is -2.19. The number of amides is 1. The van der Waals surface area contributed by atoms with E-state index in [-0.39, 0.29) is 5.91 Å². The Bertz CT molecular complexity index is 1230. The third-order valence-corrected chi connectivity index (χ3v) is 6.07. The topological polar surface area (TPSA) is 85.1 Å². The first-order valence-electron chi connectivity index (χ1n) is 10.7. The molecule has 0 spiro atoms. The van der Waals surface area contributed by atoms with E-state index < -0.39 is 0 Å². The number of benzene rings is 1. The van der Waals surface area contributed by atoms with Crippen molar-refractivity contribution in [3.05, 3.63) is 72.1 Å². The van der Waals surface area contributed by atoms with E-state index in [2.05, 4.69) is 25.5 Å². The first kappa shape index (κ1) is 19.4. The van der Waals surface area contributed by atoms with Crippen LogP contribution in [-0.4, -0.2) is 30.5 Å². The maximum atomic E-state index is 13.1. The summed E-state index contributed by atoms with van der Waals surface area (Å²) in [5.41, 5.74) is 4.14. The maximum absolute atomic E-state index is 13.1. The van der Waals surface area contributed by atoms with Crippen LogP contribution in [0.2, 0.25) is 0 Å². The molecule has 4 aromatic rings. The molecule has 1 N–H and O–H groups in total. The molecule has 0 unspecified atom stereocenters. The Hall–Kier alpha value is -3.61. The Kier molecular flexibility index (Phi) is 5.16. The lowest BCUT2D eigenvalue weighted by molar-refractivity contribution is 0.102. The number of hydrogen-bond donors (Lipinski definition) is 1. The fraction of sp³-hybridized carbons (Fsp3) is 0.292. The molecule has 5 rings (SSSR count). The van der Waals surface area contributed by atoms with Crippen LogP contribution in [0.15, 0.2) is 55.1 Å². The fourth-order valence-corrected chi connectivity index (χ4v) is 4.42. The van der Waals surface area contributed by atoms with Crippen LogP contribution < -0.4 is 5.32 Å². The molecule has 0 bridgehead atoms. The summed E-state index contributed by atoms with van der Waals surface area (Å²) in [6.07, 6.45) is 13.0. The molecule has 0 aliphatic heterocycles. The smallest absolute Gasteiger partial charge is 0.256 e. The molecule has 7 nitrogen and oxygen atoms in total. The number of fused-ring (bicyclic) bond motifs is 1. The highest BCUT2D eigenvalue weighted by Gasteiger charge is 2.21. The minimum absolute atomic E-state index is 0.170. The summed E-state index contributed by atoms with van der Waals surface area (Å²) < 4.78 is 1.92. The molecule has 0 atom stereocenters. The summed E-state index contributed by atoms with van der Waals surface area (Å²) >= 11 is 0. The zero-order valence-corrected chi connectivity index (χ0v) is 17.5. The molecule has 156 valence electrons. The number of nitrogens with one attached hydrogen (secondary N) is 1. The summed E-state index contributed by atoms with van der Waals surface area (Å²) in [4.78, 5) is 21.7. The molecule has 1 aliphatic carbocycles. The average Bonchev–Trinajstić information content (AvgIpc) is 3.23. The molecule has 0 saturated heterocycles. The van der Waals surface area contributed by atoms with Crippen molar-refractivity contribution in [1.29, 1.82) is 0 Å². The van der Waals surface area contributed by atoms with Gasteiger partial charge in [0.05, 0.1) is 11.9 Å². The van der Waals surface area contributed by atoms with E-state index in [4.69, 9.17) is 0 Å². The molecule has 7 heteroatoms. The first-order chi connectivity index (χ1) is 15.2. The third kappa shape index (κ3) is 3.79. The molecule has 1 aromatic carbocycles. The van der Waals surface area contributed by atoms with Crippen molar-refractivity contribution in [3.8, 4) is 11.1 Å². The highest BCUT2D eigenvalue weighted by molar-refractivity contribution is 6.06. The van der Waals surface area contributed by atoms with E-state index in [1.54, 1.807) is 18.6 Å². The quantitative estimate of drug-likeness (QED) is 0.521. The fourth-order valence-electron chi connectivity index (χ4n) is 4.42. The Balaban J connectivity index is 1.43. The van der Waals surface area contributed by atoms with E-state index in [1.807, 2.05) is 47.9 Å². The van der Waals surface area contributed by atoms with Crippen LogP contribution in [0.4, 0.5) is 5.69 Å². The number of rotatable bonds is 4. The van der Waals surface area contributed by atoms with E-state index in [0.717, 1.165) is 35.4 Å². The standard InChI is InChI=1S/C24H24N6O/c1-16-20(18-9-6-12-25-13-18)10-5-11-21(16)23(31)27-19-14-26-24-29-28-22(30(24)15-19)17-7-3-2-4-8-17/h5-6,9-15,17H,2-4,7-8H2,1H3,(H,27,31). The van der Waals surface area contributed by atoms with Gasteiger partial charge in [0.1, 0.15) is 5.82 Å². The molecular weight excluding hydrogens is 388 g/mol. The molecule has 3 aromatic heterocycles. The first-order valence-corrected chi connectivity index (χ1v) is 10.7. The predicted molar refractivity (Wildman–Crippen MR) is 119 cm³/mol. The van der Waals surface area contributed by atoms with Crippen molar-refractivity contribution in [2.24, 2.45) is 0 Å². The minimum atomic E-state index is -0.170. The Morgan fingerprint density at radius 2 is 1.94 bits per heavy atom. The van der Waals surface area contributed by atoms with Crippen molar-refractivity contribution >= 4 is 17.4 Å². The van der Waals surface area contributed by atoms with Crippen LogP contribution in [0.3, 0.4) is 0 Å². The molecule has 1 saturated carbocycles. The molecule has 0 radical (unpaired) electrons. The number of aromatic nitrogens is 5. The zero-order valence-electron chi connectivity index (χ0n) is 17.5. The normalized spacial score (nSPS) is 14.6. The van der Waals surface area contributed by atoms with Gasteiger partial charge >= 0.3 is 0 Å². The molecule has 1 aliphatic rings. The van der Waals surface area contributed by atoms with Crippen LogP contribution in [0.5, 0.6) is 0 Å². The number of carbonyl (C=O) groups is 1. The minimum Gasteiger partial charge on any atom is -0.319 e. The second-order valence-corrected chi connectivity index (χ2v) is 8.08. The van der Waals surface area contributed by atoms with Crippen molar-refractivity contribution in [2.75, 3.05) is 5.32 Å². The van der Waals surface area contributed by atoms with Crippen LogP contribution in [0.1, 0.15) is 59.8 Å². The summed E-state index contributed by atoms with van der Waals surface area (Å²) in [6.45, 7) is 1.96. The molecule has 1 amide bonds. The van der Waals surface area contributed by atoms with E-state index in [0.29, 0.717) is 22.9 Å². The summed E-state index contributed by atoms with van der Waals surface area (Å²) in [6, 6.07) is 9.62. The highest BCUT2D eigenvalue weighted by atomic mass is 16.1. The van der Waals surface area contributed by atoms with Gasteiger partial charge in [-0.3, -0.25) is 14.2 Å². The highest BCUT2D eigenvalue weighted by Crippen LogP contribution is 2.32. The second kappa shape index (κ2) is 8.26. The van der Waals surface area contributed by atoms with Gasteiger partial charge in [0.15, 0.2) is 0 Å². The van der Waals surface area contributed by atoms with Crippen molar-refractivity contribution < 1.29 is 4.79 Å². The lowest BCUT2D eigenvalue weighted by Crippen LogP contribution is -2.15. The van der Waals surface area contributed by atoms with Gasteiger partial charge in [0.25, 0.3) is 11.7 Å². The van der Waals surface area contributed by atoms with Gasteiger partial charge in [-0.1, -0.05) is 37.5 Å². The number of pyridine rings is 1. The van der Waals surface area contributed by atoms with Crippen molar-refractivity contribution in [1.82, 2.24) is 24.6 Å². The van der Waals surface area contributed by atoms with Gasteiger partial charge in [-0.05, 0) is 43.0 Å². The Morgan fingerprint density at radius 1 is 1.06 bits per heavy atom.